The van der Waals surface area contributed by atoms with E-state index < -0.39 is 0 Å². The first-order valence-corrected chi connectivity index (χ1v) is 7.40. The fraction of sp³-hybridized carbons (Fsp3) is 0. The summed E-state index contributed by atoms with van der Waals surface area (Å²) in [7, 11) is 0. The largest absolute Gasteiger partial charge is 0.454 e. The summed E-state index contributed by atoms with van der Waals surface area (Å²) in [6.07, 6.45) is 1.68. The van der Waals surface area contributed by atoms with Crippen LogP contribution in [-0.2, 0) is 0 Å². The van der Waals surface area contributed by atoms with Gasteiger partial charge in [-0.05, 0) is 35.9 Å². The maximum atomic E-state index is 14.0. The number of nitrogens with zero attached hydrogens (tertiary/aromatic N) is 2. The molecule has 0 saturated carbocycles. The molecule has 0 radical (unpaired) electrons. The van der Waals surface area contributed by atoms with Gasteiger partial charge in [0.25, 0.3) is 0 Å². The van der Waals surface area contributed by atoms with E-state index in [1.165, 1.54) is 6.07 Å². The average Bonchev–Trinajstić information content (AvgIpc) is 3.06. The van der Waals surface area contributed by atoms with Gasteiger partial charge in [-0.15, -0.1) is 0 Å². The maximum Gasteiger partial charge on any atom is 0.161 e. The lowest BCUT2D eigenvalue weighted by molar-refractivity contribution is 0.602. The Labute approximate surface area is 137 Å². The Morgan fingerprint density at radius 2 is 1.83 bits per heavy atom. The fourth-order valence-electron chi connectivity index (χ4n) is 2.72. The zero-order valence-electron chi connectivity index (χ0n) is 12.5. The molecule has 0 spiro atoms. The Morgan fingerprint density at radius 3 is 2.67 bits per heavy atom. The van der Waals surface area contributed by atoms with E-state index in [-0.39, 0.29) is 5.82 Å². The van der Waals surface area contributed by atoms with E-state index in [9.17, 15) is 4.39 Å². The molecule has 0 aliphatic rings. The number of rotatable bonds is 2. The van der Waals surface area contributed by atoms with Crippen LogP contribution < -0.4 is 0 Å². The van der Waals surface area contributed by atoms with Crippen LogP contribution in [0.25, 0.3) is 33.6 Å². The van der Waals surface area contributed by atoms with Gasteiger partial charge in [0.2, 0.25) is 0 Å². The van der Waals surface area contributed by atoms with Crippen molar-refractivity contribution in [2.24, 2.45) is 0 Å². The van der Waals surface area contributed by atoms with Crippen LogP contribution in [0.1, 0.15) is 5.56 Å². The molecule has 0 bridgehead atoms. The molecule has 4 heteroatoms. The van der Waals surface area contributed by atoms with Gasteiger partial charge >= 0.3 is 0 Å². The van der Waals surface area contributed by atoms with E-state index in [1.54, 1.807) is 42.6 Å². The summed E-state index contributed by atoms with van der Waals surface area (Å²) in [4.78, 5) is 4.30. The molecule has 114 valence electrons. The number of furan rings is 1. The third-order valence-corrected chi connectivity index (χ3v) is 3.85. The van der Waals surface area contributed by atoms with Crippen LogP contribution in [0.15, 0.2) is 71.3 Å². The predicted molar refractivity (Wildman–Crippen MR) is 89.6 cm³/mol. The lowest BCUT2D eigenvalue weighted by Gasteiger charge is -2.03. The minimum Gasteiger partial charge on any atom is -0.454 e. The zero-order valence-corrected chi connectivity index (χ0v) is 12.5. The van der Waals surface area contributed by atoms with Crippen LogP contribution in [0.4, 0.5) is 4.39 Å². The van der Waals surface area contributed by atoms with Crippen molar-refractivity contribution in [1.29, 1.82) is 5.26 Å². The first kappa shape index (κ1) is 14.2. The third kappa shape index (κ3) is 2.33. The molecule has 0 unspecified atom stereocenters. The second-order valence-electron chi connectivity index (χ2n) is 5.36. The predicted octanol–water partition coefficient (Wildman–Crippen LogP) is 5.17. The number of nitriles is 1. The molecule has 3 nitrogen and oxygen atoms in total. The highest BCUT2D eigenvalue weighted by Crippen LogP contribution is 2.34. The van der Waals surface area contributed by atoms with Crippen molar-refractivity contribution in [3.8, 4) is 28.5 Å². The van der Waals surface area contributed by atoms with Gasteiger partial charge in [-0.25, -0.2) is 4.39 Å². The van der Waals surface area contributed by atoms with E-state index in [4.69, 9.17) is 9.68 Å². The van der Waals surface area contributed by atoms with Gasteiger partial charge in [0, 0.05) is 17.8 Å². The highest BCUT2D eigenvalue weighted by molar-refractivity contribution is 5.92. The standard InChI is InChI=1S/C20H11FN2O/c21-17-7-2-1-6-16(17)19-11-18-20(24-19)15(8-9-23-18)14-5-3-4-13(10-14)12-22/h1-11H. The van der Waals surface area contributed by atoms with Crippen molar-refractivity contribution >= 4 is 11.1 Å². The third-order valence-electron chi connectivity index (χ3n) is 3.85. The van der Waals surface area contributed by atoms with Crippen LogP contribution in [-0.4, -0.2) is 4.98 Å². The molecule has 0 aliphatic heterocycles. The molecule has 2 aromatic heterocycles. The van der Waals surface area contributed by atoms with E-state index >= 15 is 0 Å². The van der Waals surface area contributed by atoms with Crippen molar-refractivity contribution in [2.45, 2.75) is 0 Å². The number of pyridine rings is 1. The molecule has 4 aromatic rings. The highest BCUT2D eigenvalue weighted by Gasteiger charge is 2.14. The van der Waals surface area contributed by atoms with Gasteiger partial charge in [0.15, 0.2) is 5.58 Å². The second-order valence-corrected chi connectivity index (χ2v) is 5.36. The van der Waals surface area contributed by atoms with Gasteiger partial charge in [0.05, 0.1) is 17.2 Å². The summed E-state index contributed by atoms with van der Waals surface area (Å²) in [5.41, 5.74) is 3.86. The van der Waals surface area contributed by atoms with Gasteiger partial charge < -0.3 is 4.42 Å². The summed E-state index contributed by atoms with van der Waals surface area (Å²) in [5, 5.41) is 9.08. The molecule has 0 fully saturated rings. The van der Waals surface area contributed by atoms with Gasteiger partial charge in [-0.1, -0.05) is 24.3 Å². The molecule has 4 rings (SSSR count). The lowest BCUT2D eigenvalue weighted by atomic mass is 10.0. The quantitative estimate of drug-likeness (QED) is 0.512. The van der Waals surface area contributed by atoms with Crippen molar-refractivity contribution in [2.75, 3.05) is 0 Å². The number of halogens is 1. The first-order valence-electron chi connectivity index (χ1n) is 7.40. The van der Waals surface area contributed by atoms with Gasteiger partial charge in [-0.2, -0.15) is 5.26 Å². The minimum absolute atomic E-state index is 0.343. The molecular weight excluding hydrogens is 303 g/mol. The smallest absolute Gasteiger partial charge is 0.161 e. The SMILES string of the molecule is N#Cc1cccc(-c2ccnc3cc(-c4ccccc4F)oc23)c1. The molecule has 2 heterocycles. The summed E-state index contributed by atoms with van der Waals surface area (Å²) < 4.78 is 19.9. The monoisotopic (exact) mass is 314 g/mol. The minimum atomic E-state index is -0.343. The van der Waals surface area contributed by atoms with E-state index in [2.05, 4.69) is 11.1 Å². The summed E-state index contributed by atoms with van der Waals surface area (Å²) in [6.45, 7) is 0. The summed E-state index contributed by atoms with van der Waals surface area (Å²) in [5.74, 6) is 0.0871. The number of hydrogen-bond acceptors (Lipinski definition) is 3. The molecule has 24 heavy (non-hydrogen) atoms. The Balaban J connectivity index is 1.93. The Kier molecular flexibility index (Phi) is 3.33. The van der Waals surface area contributed by atoms with Crippen molar-refractivity contribution in [1.82, 2.24) is 4.98 Å². The van der Waals surface area contributed by atoms with E-state index in [0.29, 0.717) is 28.0 Å². The van der Waals surface area contributed by atoms with E-state index in [1.807, 2.05) is 18.2 Å². The van der Waals surface area contributed by atoms with Crippen LogP contribution in [0.5, 0.6) is 0 Å². The van der Waals surface area contributed by atoms with Gasteiger partial charge in [-0.3, -0.25) is 4.98 Å². The van der Waals surface area contributed by atoms with Crippen LogP contribution in [0.3, 0.4) is 0 Å². The molecule has 2 aromatic carbocycles. The molecule has 0 saturated heterocycles. The Hall–Kier alpha value is -3.45. The number of benzene rings is 2. The maximum absolute atomic E-state index is 14.0. The molecule has 0 atom stereocenters. The molecule has 0 amide bonds. The van der Waals surface area contributed by atoms with Crippen LogP contribution in [0, 0.1) is 17.1 Å². The number of fused-ring (bicyclic) bond motifs is 1. The topological polar surface area (TPSA) is 49.8 Å². The van der Waals surface area contributed by atoms with Crippen LogP contribution in [0.2, 0.25) is 0 Å². The average molecular weight is 314 g/mol. The molecule has 0 N–H and O–H groups in total. The summed E-state index contributed by atoms with van der Waals surface area (Å²) in [6, 6.07) is 19.4. The van der Waals surface area contributed by atoms with Crippen molar-refractivity contribution in [3.63, 3.8) is 0 Å². The lowest BCUT2D eigenvalue weighted by Crippen LogP contribution is -1.82. The highest BCUT2D eigenvalue weighted by atomic mass is 19.1. The summed E-state index contributed by atoms with van der Waals surface area (Å²) >= 11 is 0. The Bertz CT molecular complexity index is 1090. The zero-order chi connectivity index (χ0) is 16.5. The van der Waals surface area contributed by atoms with Crippen molar-refractivity contribution < 1.29 is 8.81 Å². The van der Waals surface area contributed by atoms with Gasteiger partial charge in [0.1, 0.15) is 17.1 Å². The normalized spacial score (nSPS) is 10.7. The molecular formula is C20H11FN2O. The first-order chi connectivity index (χ1) is 11.8. The van der Waals surface area contributed by atoms with Crippen molar-refractivity contribution in [3.05, 3.63) is 78.2 Å². The second kappa shape index (κ2) is 5.64. The number of hydrogen-bond donors (Lipinski definition) is 0. The molecule has 0 aliphatic carbocycles. The fourth-order valence-corrected chi connectivity index (χ4v) is 2.72. The van der Waals surface area contributed by atoms with E-state index in [0.717, 1.165) is 11.1 Å². The Morgan fingerprint density at radius 1 is 0.958 bits per heavy atom. The van der Waals surface area contributed by atoms with Crippen LogP contribution >= 0.6 is 0 Å². The number of aromatic nitrogens is 1.